The Morgan fingerprint density at radius 3 is 2.63 bits per heavy atom. The van der Waals surface area contributed by atoms with E-state index in [1.54, 1.807) is 0 Å². The third kappa shape index (κ3) is 3.53. The van der Waals surface area contributed by atoms with Gasteiger partial charge in [0.15, 0.2) is 0 Å². The highest BCUT2D eigenvalue weighted by Gasteiger charge is 2.33. The molecule has 0 aromatic heterocycles. The number of benzene rings is 1. The van der Waals surface area contributed by atoms with Crippen molar-refractivity contribution in [3.63, 3.8) is 0 Å². The van der Waals surface area contributed by atoms with E-state index in [2.05, 4.69) is 5.32 Å². The van der Waals surface area contributed by atoms with Gasteiger partial charge >= 0.3 is 6.18 Å². The Morgan fingerprint density at radius 1 is 1.32 bits per heavy atom. The summed E-state index contributed by atoms with van der Waals surface area (Å²) < 4.78 is 38.0. The van der Waals surface area contributed by atoms with Crippen LogP contribution in [0.4, 0.5) is 24.5 Å². The topological polar surface area (TPSA) is 58.3 Å². The second-order valence-corrected chi connectivity index (χ2v) is 5.01. The molecule has 1 aliphatic carbocycles. The fourth-order valence-electron chi connectivity index (χ4n) is 2.41. The molecular weight excluding hydrogens is 257 g/mol. The van der Waals surface area contributed by atoms with E-state index < -0.39 is 11.7 Å². The zero-order chi connectivity index (χ0) is 14.0. The van der Waals surface area contributed by atoms with Gasteiger partial charge in [-0.05, 0) is 43.4 Å². The first-order valence-corrected chi connectivity index (χ1v) is 6.25. The van der Waals surface area contributed by atoms with E-state index in [0.29, 0.717) is 24.6 Å². The Morgan fingerprint density at radius 2 is 2.05 bits per heavy atom. The van der Waals surface area contributed by atoms with Crippen LogP contribution in [-0.4, -0.2) is 17.8 Å². The molecule has 106 valence electrons. The Balaban J connectivity index is 2.01. The Bertz CT molecular complexity index is 448. The average molecular weight is 274 g/mol. The van der Waals surface area contributed by atoms with Crippen molar-refractivity contribution in [1.82, 2.24) is 0 Å². The van der Waals surface area contributed by atoms with Crippen molar-refractivity contribution >= 4 is 11.4 Å². The average Bonchev–Trinajstić information content (AvgIpc) is 2.72. The molecule has 0 spiro atoms. The molecule has 1 aromatic carbocycles. The normalized spacial score (nSPS) is 23.6. The van der Waals surface area contributed by atoms with Crippen LogP contribution in [0.25, 0.3) is 0 Å². The molecule has 0 aliphatic heterocycles. The molecule has 1 fully saturated rings. The number of nitrogens with one attached hydrogen (secondary N) is 1. The monoisotopic (exact) mass is 274 g/mol. The zero-order valence-corrected chi connectivity index (χ0v) is 10.4. The molecular formula is C13H17F3N2O. The van der Waals surface area contributed by atoms with Crippen LogP contribution in [0.3, 0.4) is 0 Å². The molecule has 4 N–H and O–H groups in total. The maximum absolute atomic E-state index is 12.7. The van der Waals surface area contributed by atoms with Gasteiger partial charge in [-0.2, -0.15) is 13.2 Å². The molecule has 2 rings (SSSR count). The highest BCUT2D eigenvalue weighted by atomic mass is 19.4. The lowest BCUT2D eigenvalue weighted by molar-refractivity contribution is -0.136. The number of anilines is 2. The summed E-state index contributed by atoms with van der Waals surface area (Å²) in [6.07, 6.45) is -2.35. The summed E-state index contributed by atoms with van der Waals surface area (Å²) in [6.45, 7) is 0.568. The summed E-state index contributed by atoms with van der Waals surface area (Å²) in [5.74, 6) is 0.307. The molecule has 2 unspecified atom stereocenters. The van der Waals surface area contributed by atoms with Crippen molar-refractivity contribution in [2.75, 3.05) is 17.6 Å². The van der Waals surface area contributed by atoms with Gasteiger partial charge in [0.1, 0.15) is 0 Å². The molecule has 1 aromatic rings. The molecule has 0 bridgehead atoms. The number of halogens is 3. The number of hydrogen-bond acceptors (Lipinski definition) is 3. The van der Waals surface area contributed by atoms with Crippen molar-refractivity contribution in [3.05, 3.63) is 23.8 Å². The molecule has 2 atom stereocenters. The van der Waals surface area contributed by atoms with Crippen LogP contribution in [0.15, 0.2) is 18.2 Å². The highest BCUT2D eigenvalue weighted by Crippen LogP contribution is 2.35. The van der Waals surface area contributed by atoms with E-state index in [-0.39, 0.29) is 11.8 Å². The lowest BCUT2D eigenvalue weighted by atomic mass is 10.1. The van der Waals surface area contributed by atoms with Crippen molar-refractivity contribution < 1.29 is 18.3 Å². The van der Waals surface area contributed by atoms with E-state index >= 15 is 0 Å². The van der Waals surface area contributed by atoms with Gasteiger partial charge in [-0.3, -0.25) is 0 Å². The van der Waals surface area contributed by atoms with Crippen LogP contribution >= 0.6 is 0 Å². The van der Waals surface area contributed by atoms with Gasteiger partial charge in [0.25, 0.3) is 0 Å². The van der Waals surface area contributed by atoms with Gasteiger partial charge in [-0.15, -0.1) is 0 Å². The van der Waals surface area contributed by atoms with Gasteiger partial charge in [0.2, 0.25) is 0 Å². The van der Waals surface area contributed by atoms with Crippen LogP contribution in [0.2, 0.25) is 0 Å². The van der Waals surface area contributed by atoms with E-state index in [9.17, 15) is 18.3 Å². The lowest BCUT2D eigenvalue weighted by Gasteiger charge is -2.15. The van der Waals surface area contributed by atoms with E-state index in [1.165, 1.54) is 12.1 Å². The molecule has 1 saturated carbocycles. The number of nitrogens with two attached hydrogens (primary N) is 1. The second kappa shape index (κ2) is 5.28. The van der Waals surface area contributed by atoms with Crippen molar-refractivity contribution in [1.29, 1.82) is 0 Å². The maximum Gasteiger partial charge on any atom is 0.418 e. The summed E-state index contributed by atoms with van der Waals surface area (Å²) in [5.41, 5.74) is 4.65. The number of hydrogen-bond donors (Lipinski definition) is 3. The minimum absolute atomic E-state index is 0.269. The molecule has 19 heavy (non-hydrogen) atoms. The predicted octanol–water partition coefficient (Wildman–Crippen LogP) is 2.86. The minimum Gasteiger partial charge on any atom is -0.398 e. The molecule has 6 heteroatoms. The number of aliphatic hydroxyl groups excluding tert-OH is 1. The molecule has 0 heterocycles. The molecule has 1 aliphatic rings. The number of aliphatic hydroxyl groups is 1. The van der Waals surface area contributed by atoms with E-state index in [4.69, 9.17) is 5.73 Å². The third-order valence-corrected chi connectivity index (χ3v) is 3.47. The van der Waals surface area contributed by atoms with Crippen LogP contribution in [0.5, 0.6) is 0 Å². The quantitative estimate of drug-likeness (QED) is 0.743. The molecule has 3 nitrogen and oxygen atoms in total. The van der Waals surface area contributed by atoms with Gasteiger partial charge in [-0.1, -0.05) is 0 Å². The number of rotatable bonds is 3. The van der Waals surface area contributed by atoms with E-state index in [0.717, 1.165) is 18.9 Å². The fourth-order valence-corrected chi connectivity index (χ4v) is 2.41. The Kier molecular flexibility index (Phi) is 3.89. The van der Waals surface area contributed by atoms with Crippen molar-refractivity contribution in [2.24, 2.45) is 5.92 Å². The zero-order valence-electron chi connectivity index (χ0n) is 10.4. The standard InChI is InChI=1S/C13H17F3N2O/c14-13(15,16)11-6-9(2-4-12(11)17)18-7-8-1-3-10(19)5-8/h2,4,6,8,10,18-19H,1,3,5,7,17H2. The predicted molar refractivity (Wildman–Crippen MR) is 67.7 cm³/mol. The van der Waals surface area contributed by atoms with Gasteiger partial charge in [0, 0.05) is 17.9 Å². The summed E-state index contributed by atoms with van der Waals surface area (Å²) >= 11 is 0. The van der Waals surface area contributed by atoms with Crippen LogP contribution in [-0.2, 0) is 6.18 Å². The van der Waals surface area contributed by atoms with Gasteiger partial charge < -0.3 is 16.2 Å². The number of alkyl halides is 3. The summed E-state index contributed by atoms with van der Waals surface area (Å²) in [6, 6.07) is 3.82. The van der Waals surface area contributed by atoms with Gasteiger partial charge in [0.05, 0.1) is 11.7 Å². The van der Waals surface area contributed by atoms with Crippen LogP contribution in [0.1, 0.15) is 24.8 Å². The summed E-state index contributed by atoms with van der Waals surface area (Å²) in [4.78, 5) is 0. The number of nitrogen functional groups attached to an aromatic ring is 1. The van der Waals surface area contributed by atoms with Crippen molar-refractivity contribution in [2.45, 2.75) is 31.5 Å². The summed E-state index contributed by atoms with van der Waals surface area (Å²) in [7, 11) is 0. The largest absolute Gasteiger partial charge is 0.418 e. The first kappa shape index (κ1) is 14.0. The lowest BCUT2D eigenvalue weighted by Crippen LogP contribution is -2.14. The first-order valence-electron chi connectivity index (χ1n) is 6.25. The fraction of sp³-hybridized carbons (Fsp3) is 0.538. The van der Waals surface area contributed by atoms with Gasteiger partial charge in [-0.25, -0.2) is 0 Å². The maximum atomic E-state index is 12.7. The molecule has 0 saturated heterocycles. The highest BCUT2D eigenvalue weighted by molar-refractivity contribution is 5.58. The Hall–Kier alpha value is -1.43. The minimum atomic E-state index is -4.44. The third-order valence-electron chi connectivity index (χ3n) is 3.47. The SMILES string of the molecule is Nc1ccc(NCC2CCC(O)C2)cc1C(F)(F)F. The van der Waals surface area contributed by atoms with Crippen LogP contribution < -0.4 is 11.1 Å². The second-order valence-electron chi connectivity index (χ2n) is 5.01. The van der Waals surface area contributed by atoms with Crippen LogP contribution in [0, 0.1) is 5.92 Å². The first-order chi connectivity index (χ1) is 8.86. The van der Waals surface area contributed by atoms with Crippen molar-refractivity contribution in [3.8, 4) is 0 Å². The molecule has 0 radical (unpaired) electrons. The Labute approximate surface area is 109 Å². The smallest absolute Gasteiger partial charge is 0.398 e. The van der Waals surface area contributed by atoms with E-state index in [1.807, 2.05) is 0 Å². The summed E-state index contributed by atoms with van der Waals surface area (Å²) in [5, 5.41) is 12.4. The molecule has 0 amide bonds.